The Morgan fingerprint density at radius 1 is 1.14 bits per heavy atom. The van der Waals surface area contributed by atoms with Crippen LogP contribution in [0.5, 0.6) is 0 Å². The quantitative estimate of drug-likeness (QED) is 0.559. The van der Waals surface area contributed by atoms with Crippen molar-refractivity contribution in [2.75, 3.05) is 0 Å². The van der Waals surface area contributed by atoms with Crippen molar-refractivity contribution in [2.45, 2.75) is 39.8 Å². The van der Waals surface area contributed by atoms with Gasteiger partial charge in [-0.25, -0.2) is 4.68 Å². The van der Waals surface area contributed by atoms with E-state index in [1.165, 1.54) is 4.68 Å². The fourth-order valence-corrected chi connectivity index (χ4v) is 3.44. The molecule has 1 amide bonds. The van der Waals surface area contributed by atoms with Crippen molar-refractivity contribution in [2.24, 2.45) is 0 Å². The molecule has 0 saturated carbocycles. The molecular weight excluding hydrogens is 356 g/mol. The number of furan rings is 1. The Morgan fingerprint density at radius 3 is 2.71 bits per heavy atom. The Hall–Kier alpha value is -3.35. The summed E-state index contributed by atoms with van der Waals surface area (Å²) in [6, 6.07) is 13.4. The molecule has 0 radical (unpaired) electrons. The lowest BCUT2D eigenvalue weighted by Crippen LogP contribution is -2.27. The van der Waals surface area contributed by atoms with Gasteiger partial charge in [-0.2, -0.15) is 5.10 Å². The minimum absolute atomic E-state index is 0.0367. The number of hydrogen-bond acceptors (Lipinski definition) is 4. The standard InChI is InChI=1S/C21H22N4O3/c1-14-11-17-19(28-14)12-18-21(27)24(23-15(2)25(17)18)10-6-9-20(26)22-13-16-7-4-3-5-8-16/h3-5,7-8,11-12H,6,9-10,13H2,1-2H3,(H,22,26). The van der Waals surface area contributed by atoms with E-state index >= 15 is 0 Å². The molecule has 28 heavy (non-hydrogen) atoms. The molecule has 0 unspecified atom stereocenters. The molecule has 0 fully saturated rings. The highest BCUT2D eigenvalue weighted by Gasteiger charge is 2.15. The maximum atomic E-state index is 12.8. The average molecular weight is 378 g/mol. The summed E-state index contributed by atoms with van der Waals surface area (Å²) < 4.78 is 8.88. The summed E-state index contributed by atoms with van der Waals surface area (Å²) in [4.78, 5) is 24.8. The fraction of sp³-hybridized carbons (Fsp3) is 0.286. The van der Waals surface area contributed by atoms with Crippen molar-refractivity contribution in [1.29, 1.82) is 0 Å². The van der Waals surface area contributed by atoms with Gasteiger partial charge in [0, 0.05) is 31.6 Å². The lowest BCUT2D eigenvalue weighted by atomic mass is 10.2. The van der Waals surface area contributed by atoms with Gasteiger partial charge in [-0.05, 0) is 25.8 Å². The fourth-order valence-electron chi connectivity index (χ4n) is 3.44. The average Bonchev–Trinajstić information content (AvgIpc) is 3.21. The minimum atomic E-state index is -0.181. The first kappa shape index (κ1) is 18.0. The molecule has 144 valence electrons. The van der Waals surface area contributed by atoms with Gasteiger partial charge in [-0.1, -0.05) is 30.3 Å². The zero-order valence-electron chi connectivity index (χ0n) is 15.9. The summed E-state index contributed by atoms with van der Waals surface area (Å²) in [6.07, 6.45) is 0.882. The van der Waals surface area contributed by atoms with Crippen LogP contribution in [0.2, 0.25) is 0 Å². The molecule has 4 aromatic rings. The number of carbonyl (C=O) groups excluding carboxylic acids is 1. The van der Waals surface area contributed by atoms with Crippen molar-refractivity contribution < 1.29 is 9.21 Å². The predicted molar refractivity (Wildman–Crippen MR) is 106 cm³/mol. The van der Waals surface area contributed by atoms with E-state index < -0.39 is 0 Å². The molecule has 0 bridgehead atoms. The second-order valence-corrected chi connectivity index (χ2v) is 6.91. The SMILES string of the molecule is Cc1cc2c(cc3c(=O)n(CCCC(=O)NCc4ccccc4)nc(C)n32)o1. The van der Waals surface area contributed by atoms with Gasteiger partial charge >= 0.3 is 0 Å². The number of benzene rings is 1. The Kier molecular flexibility index (Phi) is 4.73. The Morgan fingerprint density at radius 2 is 1.93 bits per heavy atom. The second kappa shape index (κ2) is 7.34. The molecule has 0 aliphatic rings. The van der Waals surface area contributed by atoms with Gasteiger partial charge in [0.1, 0.15) is 17.1 Å². The monoisotopic (exact) mass is 378 g/mol. The van der Waals surface area contributed by atoms with Crippen LogP contribution in [0, 0.1) is 13.8 Å². The molecule has 3 heterocycles. The Balaban J connectivity index is 1.43. The molecular formula is C21H22N4O3. The third kappa shape index (κ3) is 3.43. The highest BCUT2D eigenvalue weighted by molar-refractivity contribution is 5.83. The number of rotatable bonds is 6. The van der Waals surface area contributed by atoms with Gasteiger partial charge < -0.3 is 9.73 Å². The number of nitrogens with zero attached hydrogens (tertiary/aromatic N) is 3. The van der Waals surface area contributed by atoms with Crippen LogP contribution in [-0.2, 0) is 17.9 Å². The summed E-state index contributed by atoms with van der Waals surface area (Å²) in [6.45, 7) is 4.63. The van der Waals surface area contributed by atoms with Crippen LogP contribution in [0.15, 0.2) is 51.7 Å². The van der Waals surface area contributed by atoms with Crippen LogP contribution < -0.4 is 10.9 Å². The third-order valence-corrected chi connectivity index (χ3v) is 4.76. The van der Waals surface area contributed by atoms with E-state index in [1.54, 1.807) is 6.07 Å². The number of hydrogen-bond donors (Lipinski definition) is 1. The van der Waals surface area contributed by atoms with Crippen LogP contribution in [0.4, 0.5) is 0 Å². The van der Waals surface area contributed by atoms with Crippen LogP contribution >= 0.6 is 0 Å². The van der Waals surface area contributed by atoms with E-state index in [4.69, 9.17) is 4.42 Å². The molecule has 0 saturated heterocycles. The van der Waals surface area contributed by atoms with Gasteiger partial charge in [0.25, 0.3) is 5.56 Å². The van der Waals surface area contributed by atoms with E-state index in [1.807, 2.05) is 54.6 Å². The summed E-state index contributed by atoms with van der Waals surface area (Å²) in [5.74, 6) is 1.47. The van der Waals surface area contributed by atoms with Crippen molar-refractivity contribution in [1.82, 2.24) is 19.5 Å². The van der Waals surface area contributed by atoms with E-state index in [0.29, 0.717) is 42.9 Å². The number of nitrogens with one attached hydrogen (secondary N) is 1. The lowest BCUT2D eigenvalue weighted by Gasteiger charge is -2.09. The summed E-state index contributed by atoms with van der Waals surface area (Å²) in [5.41, 5.74) is 2.94. The third-order valence-electron chi connectivity index (χ3n) is 4.76. The van der Waals surface area contributed by atoms with E-state index in [0.717, 1.165) is 16.8 Å². The first-order valence-electron chi connectivity index (χ1n) is 9.33. The molecule has 0 atom stereocenters. The number of aryl methyl sites for hydroxylation is 3. The van der Waals surface area contributed by atoms with Crippen molar-refractivity contribution in [3.63, 3.8) is 0 Å². The van der Waals surface area contributed by atoms with Gasteiger partial charge in [0.05, 0.1) is 5.52 Å². The smallest absolute Gasteiger partial charge is 0.291 e. The molecule has 7 nitrogen and oxygen atoms in total. The number of amides is 1. The first-order valence-corrected chi connectivity index (χ1v) is 9.33. The molecule has 0 aliphatic carbocycles. The lowest BCUT2D eigenvalue weighted by molar-refractivity contribution is -0.121. The zero-order chi connectivity index (χ0) is 19.7. The molecule has 7 heteroatoms. The topological polar surface area (TPSA) is 81.5 Å². The van der Waals surface area contributed by atoms with Crippen molar-refractivity contribution in [3.8, 4) is 0 Å². The van der Waals surface area contributed by atoms with Crippen molar-refractivity contribution >= 4 is 22.5 Å². The minimum Gasteiger partial charge on any atom is -0.460 e. The predicted octanol–water partition coefficient (Wildman–Crippen LogP) is 2.96. The van der Waals surface area contributed by atoms with E-state index in [2.05, 4.69) is 10.4 Å². The number of fused-ring (bicyclic) bond motifs is 3. The molecule has 1 aromatic carbocycles. The number of carbonyl (C=O) groups is 1. The van der Waals surface area contributed by atoms with Crippen LogP contribution in [-0.4, -0.2) is 20.1 Å². The van der Waals surface area contributed by atoms with Gasteiger partial charge in [0.2, 0.25) is 5.91 Å². The maximum Gasteiger partial charge on any atom is 0.291 e. The molecule has 4 rings (SSSR count). The van der Waals surface area contributed by atoms with Gasteiger partial charge in [0.15, 0.2) is 5.58 Å². The van der Waals surface area contributed by atoms with Gasteiger partial charge in [-0.15, -0.1) is 0 Å². The van der Waals surface area contributed by atoms with Crippen LogP contribution in [0.1, 0.15) is 30.0 Å². The Labute approximate surface area is 161 Å². The van der Waals surface area contributed by atoms with E-state index in [9.17, 15) is 9.59 Å². The summed E-state index contributed by atoms with van der Waals surface area (Å²) in [5, 5.41) is 7.31. The summed E-state index contributed by atoms with van der Waals surface area (Å²) >= 11 is 0. The van der Waals surface area contributed by atoms with Gasteiger partial charge in [-0.3, -0.25) is 14.0 Å². The zero-order valence-corrected chi connectivity index (χ0v) is 15.9. The Bertz CT molecular complexity index is 1200. The summed E-state index contributed by atoms with van der Waals surface area (Å²) in [7, 11) is 0. The first-order chi connectivity index (χ1) is 13.5. The number of aromatic nitrogens is 3. The van der Waals surface area contributed by atoms with Crippen LogP contribution in [0.3, 0.4) is 0 Å². The highest BCUT2D eigenvalue weighted by Crippen LogP contribution is 2.22. The van der Waals surface area contributed by atoms with Crippen molar-refractivity contribution in [3.05, 3.63) is 70.0 Å². The second-order valence-electron chi connectivity index (χ2n) is 6.91. The van der Waals surface area contributed by atoms with Crippen LogP contribution in [0.25, 0.3) is 16.6 Å². The molecule has 1 N–H and O–H groups in total. The molecule has 0 spiro atoms. The molecule has 3 aromatic heterocycles. The largest absolute Gasteiger partial charge is 0.460 e. The normalized spacial score (nSPS) is 11.4. The highest BCUT2D eigenvalue weighted by atomic mass is 16.3. The maximum absolute atomic E-state index is 12.8. The van der Waals surface area contributed by atoms with E-state index in [-0.39, 0.29) is 11.5 Å². The molecule has 0 aliphatic heterocycles.